The minimum Gasteiger partial charge on any atom is -0.387 e. The summed E-state index contributed by atoms with van der Waals surface area (Å²) in [5.74, 6) is -0.998. The molecule has 2 rings (SSSR count). The van der Waals surface area contributed by atoms with Gasteiger partial charge >= 0.3 is 0 Å². The molecule has 1 aromatic carbocycles. The molecule has 0 radical (unpaired) electrons. The first-order chi connectivity index (χ1) is 9.10. The van der Waals surface area contributed by atoms with E-state index in [1.165, 1.54) is 18.3 Å². The average Bonchev–Trinajstić information content (AvgIpc) is 2.43. The molecular weight excluding hydrogens is 269 g/mol. The number of carbonyl (C=O) groups excluding carboxylic acids is 1. The SMILES string of the molecule is CNc1ccc(C(=O)Nc2ccc(Cl)c(F)c2)nc1. The summed E-state index contributed by atoms with van der Waals surface area (Å²) in [4.78, 5) is 15.9. The maximum atomic E-state index is 13.2. The molecule has 0 spiro atoms. The monoisotopic (exact) mass is 279 g/mol. The summed E-state index contributed by atoms with van der Waals surface area (Å²) in [6.45, 7) is 0. The second-order valence-electron chi connectivity index (χ2n) is 3.77. The van der Waals surface area contributed by atoms with Crippen LogP contribution in [0, 0.1) is 5.82 Å². The lowest BCUT2D eigenvalue weighted by molar-refractivity contribution is 0.102. The van der Waals surface area contributed by atoms with E-state index in [1.54, 1.807) is 19.2 Å². The van der Waals surface area contributed by atoms with E-state index in [0.29, 0.717) is 5.69 Å². The van der Waals surface area contributed by atoms with Crippen LogP contribution in [0.3, 0.4) is 0 Å². The molecular formula is C13H11ClFN3O. The van der Waals surface area contributed by atoms with Gasteiger partial charge < -0.3 is 10.6 Å². The van der Waals surface area contributed by atoms with Crippen molar-refractivity contribution in [3.8, 4) is 0 Å². The number of hydrogen-bond donors (Lipinski definition) is 2. The highest BCUT2D eigenvalue weighted by molar-refractivity contribution is 6.30. The second kappa shape index (κ2) is 5.67. The number of anilines is 2. The van der Waals surface area contributed by atoms with Crippen molar-refractivity contribution >= 4 is 28.9 Å². The van der Waals surface area contributed by atoms with Crippen molar-refractivity contribution < 1.29 is 9.18 Å². The predicted octanol–water partition coefficient (Wildman–Crippen LogP) is 3.17. The summed E-state index contributed by atoms with van der Waals surface area (Å²) in [6, 6.07) is 7.36. The van der Waals surface area contributed by atoms with Gasteiger partial charge in [0.25, 0.3) is 5.91 Å². The van der Waals surface area contributed by atoms with Gasteiger partial charge in [-0.05, 0) is 30.3 Å². The van der Waals surface area contributed by atoms with Gasteiger partial charge in [-0.25, -0.2) is 9.37 Å². The number of nitrogens with one attached hydrogen (secondary N) is 2. The molecule has 1 amide bonds. The van der Waals surface area contributed by atoms with E-state index in [-0.39, 0.29) is 10.7 Å². The lowest BCUT2D eigenvalue weighted by atomic mass is 10.2. The number of rotatable bonds is 3. The maximum Gasteiger partial charge on any atom is 0.274 e. The Kier molecular flexibility index (Phi) is 3.97. The van der Waals surface area contributed by atoms with Crippen molar-refractivity contribution in [2.75, 3.05) is 17.7 Å². The number of amides is 1. The summed E-state index contributed by atoms with van der Waals surface area (Å²) in [5.41, 5.74) is 1.37. The summed E-state index contributed by atoms with van der Waals surface area (Å²) in [7, 11) is 1.76. The number of carbonyl (C=O) groups is 1. The van der Waals surface area contributed by atoms with Crippen LogP contribution in [0.5, 0.6) is 0 Å². The van der Waals surface area contributed by atoms with E-state index >= 15 is 0 Å². The highest BCUT2D eigenvalue weighted by atomic mass is 35.5. The topological polar surface area (TPSA) is 54.0 Å². The molecule has 98 valence electrons. The number of aromatic nitrogens is 1. The number of hydrogen-bond acceptors (Lipinski definition) is 3. The molecule has 0 saturated heterocycles. The normalized spacial score (nSPS) is 10.1. The fraction of sp³-hybridized carbons (Fsp3) is 0.0769. The molecule has 0 aliphatic heterocycles. The first kappa shape index (κ1) is 13.3. The average molecular weight is 280 g/mol. The van der Waals surface area contributed by atoms with Crippen molar-refractivity contribution in [1.29, 1.82) is 0 Å². The third-order valence-electron chi connectivity index (χ3n) is 2.46. The first-order valence-electron chi connectivity index (χ1n) is 5.50. The van der Waals surface area contributed by atoms with Crippen molar-refractivity contribution in [3.63, 3.8) is 0 Å². The Morgan fingerprint density at radius 3 is 2.58 bits per heavy atom. The summed E-state index contributed by atoms with van der Waals surface area (Å²) in [6.07, 6.45) is 1.54. The number of pyridine rings is 1. The van der Waals surface area contributed by atoms with E-state index in [9.17, 15) is 9.18 Å². The lowest BCUT2D eigenvalue weighted by Gasteiger charge is -2.06. The smallest absolute Gasteiger partial charge is 0.274 e. The maximum absolute atomic E-state index is 13.2. The van der Waals surface area contributed by atoms with Crippen LogP contribution in [-0.4, -0.2) is 17.9 Å². The molecule has 4 nitrogen and oxygen atoms in total. The minimum atomic E-state index is -0.585. The molecule has 0 aliphatic carbocycles. The summed E-state index contributed by atoms with van der Waals surface area (Å²) in [5, 5.41) is 5.45. The van der Waals surface area contributed by atoms with E-state index < -0.39 is 11.7 Å². The van der Waals surface area contributed by atoms with Gasteiger partial charge in [0.05, 0.1) is 16.9 Å². The van der Waals surface area contributed by atoms with E-state index in [2.05, 4.69) is 15.6 Å². The van der Waals surface area contributed by atoms with E-state index in [1.807, 2.05) is 0 Å². The quantitative estimate of drug-likeness (QED) is 0.907. The first-order valence-corrected chi connectivity index (χ1v) is 5.88. The van der Waals surface area contributed by atoms with E-state index in [0.717, 1.165) is 11.8 Å². The Labute approximate surface area is 114 Å². The molecule has 0 bridgehead atoms. The molecule has 1 heterocycles. The number of nitrogens with zero attached hydrogens (tertiary/aromatic N) is 1. The Hall–Kier alpha value is -2.14. The Morgan fingerprint density at radius 1 is 1.26 bits per heavy atom. The van der Waals surface area contributed by atoms with Crippen molar-refractivity contribution in [2.45, 2.75) is 0 Å². The second-order valence-corrected chi connectivity index (χ2v) is 4.17. The van der Waals surface area contributed by atoms with Crippen LogP contribution in [0.15, 0.2) is 36.5 Å². The molecule has 0 aliphatic rings. The van der Waals surface area contributed by atoms with Crippen LogP contribution >= 0.6 is 11.6 Å². The van der Waals surface area contributed by atoms with Crippen LogP contribution in [0.2, 0.25) is 5.02 Å². The molecule has 6 heteroatoms. The predicted molar refractivity (Wildman–Crippen MR) is 73.1 cm³/mol. The molecule has 19 heavy (non-hydrogen) atoms. The zero-order valence-corrected chi connectivity index (χ0v) is 10.8. The minimum absolute atomic E-state index is 0.00879. The fourth-order valence-electron chi connectivity index (χ4n) is 1.45. The Morgan fingerprint density at radius 2 is 2.00 bits per heavy atom. The third-order valence-corrected chi connectivity index (χ3v) is 2.77. The molecule has 0 saturated carbocycles. The number of halogens is 2. The standard InChI is InChI=1S/C13H11ClFN3O/c1-16-9-3-5-12(17-7-9)13(19)18-8-2-4-10(14)11(15)6-8/h2-7,16H,1H3,(H,18,19). The molecule has 0 unspecified atom stereocenters. The van der Waals surface area contributed by atoms with Crippen molar-refractivity contribution in [2.24, 2.45) is 0 Å². The van der Waals surface area contributed by atoms with Gasteiger partial charge in [0.2, 0.25) is 0 Å². The molecule has 1 aromatic heterocycles. The van der Waals surface area contributed by atoms with Crippen LogP contribution in [0.4, 0.5) is 15.8 Å². The summed E-state index contributed by atoms with van der Waals surface area (Å²) < 4.78 is 13.2. The van der Waals surface area contributed by atoms with Crippen LogP contribution < -0.4 is 10.6 Å². The Balaban J connectivity index is 2.13. The van der Waals surface area contributed by atoms with Crippen LogP contribution in [0.1, 0.15) is 10.5 Å². The largest absolute Gasteiger partial charge is 0.387 e. The van der Waals surface area contributed by atoms with Gasteiger partial charge in [-0.15, -0.1) is 0 Å². The van der Waals surface area contributed by atoms with Crippen LogP contribution in [0.25, 0.3) is 0 Å². The third kappa shape index (κ3) is 3.20. The Bertz CT molecular complexity index is 601. The van der Waals surface area contributed by atoms with Gasteiger partial charge in [-0.1, -0.05) is 11.6 Å². The highest BCUT2D eigenvalue weighted by Crippen LogP contribution is 2.19. The fourth-order valence-corrected chi connectivity index (χ4v) is 1.56. The van der Waals surface area contributed by atoms with Gasteiger partial charge in [-0.3, -0.25) is 4.79 Å². The zero-order valence-electron chi connectivity index (χ0n) is 10.1. The molecule has 0 atom stereocenters. The van der Waals surface area contributed by atoms with Crippen molar-refractivity contribution in [1.82, 2.24) is 4.98 Å². The molecule has 0 fully saturated rings. The van der Waals surface area contributed by atoms with Crippen molar-refractivity contribution in [3.05, 3.63) is 53.1 Å². The summed E-state index contributed by atoms with van der Waals surface area (Å²) >= 11 is 5.56. The van der Waals surface area contributed by atoms with E-state index in [4.69, 9.17) is 11.6 Å². The highest BCUT2D eigenvalue weighted by Gasteiger charge is 2.09. The van der Waals surface area contributed by atoms with Gasteiger partial charge in [0.15, 0.2) is 0 Å². The lowest BCUT2D eigenvalue weighted by Crippen LogP contribution is -2.13. The van der Waals surface area contributed by atoms with Gasteiger partial charge in [-0.2, -0.15) is 0 Å². The zero-order chi connectivity index (χ0) is 13.8. The van der Waals surface area contributed by atoms with Gasteiger partial charge in [0, 0.05) is 12.7 Å². The van der Waals surface area contributed by atoms with Crippen LogP contribution in [-0.2, 0) is 0 Å². The molecule has 2 aromatic rings. The number of benzene rings is 1. The van der Waals surface area contributed by atoms with Gasteiger partial charge in [0.1, 0.15) is 11.5 Å². The molecule has 2 N–H and O–H groups in total.